The monoisotopic (exact) mass is 190 g/mol. The average molecular weight is 190 g/mol. The molecule has 0 fully saturated rings. The molecule has 0 spiro atoms. The number of aromatic hydroxyl groups is 1. The highest BCUT2D eigenvalue weighted by Gasteiger charge is 2.05. The van der Waals surface area contributed by atoms with E-state index in [1.807, 2.05) is 19.9 Å². The van der Waals surface area contributed by atoms with Crippen LogP contribution in [-0.2, 0) is 0 Å². The Morgan fingerprint density at radius 3 is 2.50 bits per heavy atom. The molecule has 2 aromatic rings. The average Bonchev–Trinajstić information content (AvgIpc) is 2.08. The van der Waals surface area contributed by atoms with Crippen LogP contribution in [0.3, 0.4) is 0 Å². The summed E-state index contributed by atoms with van der Waals surface area (Å²) in [6.45, 7) is 3.87. The van der Waals surface area contributed by atoms with Gasteiger partial charge in [0.25, 0.3) is 0 Å². The number of fused-ring (bicyclic) bond motifs is 1. The smallest absolute Gasteiger partial charge is 0.339 e. The minimum Gasteiger partial charge on any atom is -0.507 e. The van der Waals surface area contributed by atoms with Gasteiger partial charge in [-0.1, -0.05) is 0 Å². The molecular weight excluding hydrogens is 180 g/mol. The Morgan fingerprint density at radius 2 is 1.79 bits per heavy atom. The third-order valence-electron chi connectivity index (χ3n) is 2.34. The lowest BCUT2D eigenvalue weighted by Gasteiger charge is -2.03. The van der Waals surface area contributed by atoms with Gasteiger partial charge in [0.2, 0.25) is 0 Å². The summed E-state index contributed by atoms with van der Waals surface area (Å²) in [6, 6.07) is 4.64. The van der Waals surface area contributed by atoms with Crippen LogP contribution in [0, 0.1) is 13.8 Å². The zero-order valence-corrected chi connectivity index (χ0v) is 8.00. The number of aryl methyl sites for hydroxylation is 2. The fraction of sp³-hybridized carbons (Fsp3) is 0.182. The first kappa shape index (κ1) is 8.81. The van der Waals surface area contributed by atoms with E-state index in [-0.39, 0.29) is 5.75 Å². The summed E-state index contributed by atoms with van der Waals surface area (Å²) in [5.41, 5.74) is 1.99. The first-order chi connectivity index (χ1) is 6.58. The van der Waals surface area contributed by atoms with Crippen LogP contribution in [0.25, 0.3) is 11.0 Å². The third-order valence-corrected chi connectivity index (χ3v) is 2.34. The van der Waals surface area contributed by atoms with E-state index >= 15 is 0 Å². The van der Waals surface area contributed by atoms with Crippen molar-refractivity contribution in [3.63, 3.8) is 0 Å². The molecule has 0 aliphatic carbocycles. The highest BCUT2D eigenvalue weighted by molar-refractivity contribution is 5.84. The van der Waals surface area contributed by atoms with Gasteiger partial charge in [0, 0.05) is 0 Å². The van der Waals surface area contributed by atoms with Gasteiger partial charge in [0.1, 0.15) is 11.3 Å². The molecule has 3 nitrogen and oxygen atoms in total. The molecule has 1 aromatic heterocycles. The summed E-state index contributed by atoms with van der Waals surface area (Å²) < 4.78 is 4.96. The summed E-state index contributed by atoms with van der Waals surface area (Å²) in [6.07, 6.45) is 0. The Kier molecular flexibility index (Phi) is 1.81. The van der Waals surface area contributed by atoms with E-state index in [0.29, 0.717) is 11.0 Å². The van der Waals surface area contributed by atoms with Gasteiger partial charge in [0.05, 0.1) is 11.5 Å². The van der Waals surface area contributed by atoms with E-state index in [1.54, 1.807) is 6.07 Å². The summed E-state index contributed by atoms with van der Waals surface area (Å²) >= 11 is 0. The maximum absolute atomic E-state index is 11.0. The Balaban J connectivity index is 2.96. The van der Waals surface area contributed by atoms with Crippen molar-refractivity contribution in [2.24, 2.45) is 0 Å². The van der Waals surface area contributed by atoms with Crippen molar-refractivity contribution in [2.45, 2.75) is 13.8 Å². The summed E-state index contributed by atoms with van der Waals surface area (Å²) in [5, 5.41) is 10.1. The molecule has 0 bridgehead atoms. The van der Waals surface area contributed by atoms with Crippen LogP contribution in [0.2, 0.25) is 0 Å². The lowest BCUT2D eigenvalue weighted by atomic mass is 10.1. The van der Waals surface area contributed by atoms with E-state index in [2.05, 4.69) is 0 Å². The number of rotatable bonds is 0. The molecule has 0 aliphatic rings. The van der Waals surface area contributed by atoms with Crippen LogP contribution in [0.5, 0.6) is 5.75 Å². The fourth-order valence-corrected chi connectivity index (χ4v) is 1.40. The van der Waals surface area contributed by atoms with Crippen LogP contribution in [-0.4, -0.2) is 5.11 Å². The van der Waals surface area contributed by atoms with Crippen molar-refractivity contribution >= 4 is 11.0 Å². The van der Waals surface area contributed by atoms with Crippen LogP contribution in [0.4, 0.5) is 0 Å². The van der Waals surface area contributed by atoms with Crippen molar-refractivity contribution in [1.82, 2.24) is 0 Å². The van der Waals surface area contributed by atoms with E-state index in [0.717, 1.165) is 17.2 Å². The second-order valence-electron chi connectivity index (χ2n) is 3.38. The van der Waals surface area contributed by atoms with Crippen molar-refractivity contribution in [1.29, 1.82) is 0 Å². The van der Waals surface area contributed by atoms with E-state index < -0.39 is 5.63 Å². The largest absolute Gasteiger partial charge is 0.507 e. The molecule has 0 radical (unpaired) electrons. The van der Waals surface area contributed by atoms with Gasteiger partial charge in [-0.3, -0.25) is 0 Å². The molecule has 0 amide bonds. The van der Waals surface area contributed by atoms with Gasteiger partial charge >= 0.3 is 5.63 Å². The first-order valence-electron chi connectivity index (χ1n) is 4.32. The molecule has 0 saturated carbocycles. The number of hydrogen-bond acceptors (Lipinski definition) is 3. The zero-order chi connectivity index (χ0) is 10.3. The third kappa shape index (κ3) is 1.27. The number of hydrogen-bond donors (Lipinski definition) is 1. The van der Waals surface area contributed by atoms with Gasteiger partial charge in [-0.2, -0.15) is 0 Å². The minimum atomic E-state index is -0.529. The Hall–Kier alpha value is -1.77. The molecule has 0 aliphatic heterocycles. The molecule has 1 heterocycles. The summed E-state index contributed by atoms with van der Waals surface area (Å²) in [4.78, 5) is 11.0. The maximum atomic E-state index is 11.0. The second kappa shape index (κ2) is 2.87. The normalized spacial score (nSPS) is 10.7. The second-order valence-corrected chi connectivity index (χ2v) is 3.38. The molecule has 1 N–H and O–H groups in total. The van der Waals surface area contributed by atoms with E-state index in [4.69, 9.17) is 4.42 Å². The van der Waals surface area contributed by atoms with Crippen molar-refractivity contribution in [3.05, 3.63) is 39.7 Å². The summed E-state index contributed by atoms with van der Waals surface area (Å²) in [7, 11) is 0. The van der Waals surface area contributed by atoms with Gasteiger partial charge in [-0.25, -0.2) is 4.79 Å². The van der Waals surface area contributed by atoms with E-state index in [9.17, 15) is 9.90 Å². The zero-order valence-electron chi connectivity index (χ0n) is 8.00. The Labute approximate surface area is 80.6 Å². The quantitative estimate of drug-likeness (QED) is 0.647. The van der Waals surface area contributed by atoms with Gasteiger partial charge in [-0.15, -0.1) is 0 Å². The van der Waals surface area contributed by atoms with Crippen molar-refractivity contribution in [2.75, 3.05) is 0 Å². The van der Waals surface area contributed by atoms with Crippen molar-refractivity contribution < 1.29 is 9.52 Å². The lowest BCUT2D eigenvalue weighted by Crippen LogP contribution is -1.96. The standard InChI is InChI=1S/C11H10O3/c1-6-3-8-9(12)5-11(13)14-10(8)4-7(6)2/h3-5,12H,1-2H3. The number of benzene rings is 1. The SMILES string of the molecule is Cc1cc2oc(=O)cc(O)c2cc1C. The molecule has 0 unspecified atom stereocenters. The lowest BCUT2D eigenvalue weighted by molar-refractivity contribution is 0.468. The Bertz CT molecular complexity index is 552. The van der Waals surface area contributed by atoms with Crippen LogP contribution < -0.4 is 5.63 Å². The predicted octanol–water partition coefficient (Wildman–Crippen LogP) is 2.12. The molecular formula is C11H10O3. The van der Waals surface area contributed by atoms with Crippen LogP contribution in [0.1, 0.15) is 11.1 Å². The van der Waals surface area contributed by atoms with Crippen LogP contribution >= 0.6 is 0 Å². The molecule has 3 heteroatoms. The maximum Gasteiger partial charge on any atom is 0.339 e. The molecule has 72 valence electrons. The first-order valence-corrected chi connectivity index (χ1v) is 4.32. The fourth-order valence-electron chi connectivity index (χ4n) is 1.40. The van der Waals surface area contributed by atoms with E-state index in [1.165, 1.54) is 0 Å². The Morgan fingerprint density at radius 1 is 1.14 bits per heavy atom. The van der Waals surface area contributed by atoms with Gasteiger partial charge in [0.15, 0.2) is 0 Å². The molecule has 14 heavy (non-hydrogen) atoms. The predicted molar refractivity (Wildman–Crippen MR) is 53.6 cm³/mol. The topological polar surface area (TPSA) is 50.4 Å². The minimum absolute atomic E-state index is 0.0284. The highest BCUT2D eigenvalue weighted by Crippen LogP contribution is 2.25. The molecule has 0 atom stereocenters. The van der Waals surface area contributed by atoms with Crippen LogP contribution in [0.15, 0.2) is 27.4 Å². The highest BCUT2D eigenvalue weighted by atomic mass is 16.4. The van der Waals surface area contributed by atoms with Gasteiger partial charge in [-0.05, 0) is 37.1 Å². The molecule has 2 rings (SSSR count). The molecule has 1 aromatic carbocycles. The van der Waals surface area contributed by atoms with Gasteiger partial charge < -0.3 is 9.52 Å². The summed E-state index contributed by atoms with van der Waals surface area (Å²) in [5.74, 6) is -0.0284. The molecule has 0 saturated heterocycles. The van der Waals surface area contributed by atoms with Crippen molar-refractivity contribution in [3.8, 4) is 5.75 Å².